The Balaban J connectivity index is 0.00000220. The number of benzene rings is 1. The summed E-state index contributed by atoms with van der Waals surface area (Å²) in [5.74, 6) is 0.652. The molecule has 0 saturated carbocycles. The minimum absolute atomic E-state index is 0. The molecular formula is C16H24Cl2N2O. The molecule has 21 heavy (non-hydrogen) atoms. The molecule has 1 aromatic rings. The van der Waals surface area contributed by atoms with Gasteiger partial charge in [0.15, 0.2) is 0 Å². The van der Waals surface area contributed by atoms with Crippen LogP contribution in [-0.4, -0.2) is 30.4 Å². The topological polar surface area (TPSA) is 32.3 Å². The fourth-order valence-electron chi connectivity index (χ4n) is 2.53. The Morgan fingerprint density at radius 3 is 2.71 bits per heavy atom. The molecular weight excluding hydrogens is 307 g/mol. The zero-order valence-electron chi connectivity index (χ0n) is 12.8. The Bertz CT molecular complexity index is 479. The maximum Gasteiger partial charge on any atom is 0.226 e. The van der Waals surface area contributed by atoms with Gasteiger partial charge in [-0.2, -0.15) is 0 Å². The number of halogens is 2. The molecule has 5 heteroatoms. The van der Waals surface area contributed by atoms with Gasteiger partial charge in [-0.1, -0.05) is 44.5 Å². The SMILES string of the molecule is CC(C)C(C)C(=O)N1CCNCC1c1cccc(Cl)c1.Cl. The van der Waals surface area contributed by atoms with Crippen molar-refractivity contribution in [1.29, 1.82) is 0 Å². The van der Waals surface area contributed by atoms with E-state index in [0.29, 0.717) is 5.92 Å². The van der Waals surface area contributed by atoms with E-state index in [2.05, 4.69) is 19.2 Å². The summed E-state index contributed by atoms with van der Waals surface area (Å²) in [6, 6.07) is 7.89. The number of rotatable bonds is 3. The Kier molecular flexibility index (Phi) is 6.98. The van der Waals surface area contributed by atoms with E-state index in [1.54, 1.807) is 0 Å². The molecule has 2 unspecified atom stereocenters. The number of nitrogens with one attached hydrogen (secondary N) is 1. The molecule has 1 N–H and O–H groups in total. The molecule has 3 nitrogen and oxygen atoms in total. The zero-order chi connectivity index (χ0) is 14.7. The Labute approximate surface area is 138 Å². The molecule has 2 rings (SSSR count). The van der Waals surface area contributed by atoms with Crippen LogP contribution in [0.4, 0.5) is 0 Å². The summed E-state index contributed by atoms with van der Waals surface area (Å²) in [6.07, 6.45) is 0. The second-order valence-electron chi connectivity index (χ2n) is 5.84. The molecule has 2 atom stereocenters. The Morgan fingerprint density at radius 2 is 2.10 bits per heavy atom. The lowest BCUT2D eigenvalue weighted by atomic mass is 9.94. The first-order chi connectivity index (χ1) is 9.50. The molecule has 0 bridgehead atoms. The van der Waals surface area contributed by atoms with E-state index in [1.165, 1.54) is 0 Å². The average molecular weight is 331 g/mol. The van der Waals surface area contributed by atoms with E-state index in [1.807, 2.05) is 36.1 Å². The maximum atomic E-state index is 12.7. The Hall–Kier alpha value is -0.770. The van der Waals surface area contributed by atoms with E-state index in [0.717, 1.165) is 30.2 Å². The summed E-state index contributed by atoms with van der Waals surface area (Å²) in [7, 11) is 0. The van der Waals surface area contributed by atoms with Crippen molar-refractivity contribution in [3.63, 3.8) is 0 Å². The highest BCUT2D eigenvalue weighted by molar-refractivity contribution is 6.30. The van der Waals surface area contributed by atoms with Gasteiger partial charge < -0.3 is 10.2 Å². The largest absolute Gasteiger partial charge is 0.333 e. The number of hydrogen-bond donors (Lipinski definition) is 1. The highest BCUT2D eigenvalue weighted by atomic mass is 35.5. The maximum absolute atomic E-state index is 12.7. The minimum atomic E-state index is 0. The first-order valence-electron chi connectivity index (χ1n) is 7.27. The average Bonchev–Trinajstić information content (AvgIpc) is 2.45. The van der Waals surface area contributed by atoms with Crippen molar-refractivity contribution in [2.75, 3.05) is 19.6 Å². The predicted octanol–water partition coefficient (Wildman–Crippen LogP) is 3.53. The number of carbonyl (C=O) groups excluding carboxylic acids is 1. The highest BCUT2D eigenvalue weighted by Crippen LogP contribution is 2.27. The van der Waals surface area contributed by atoms with E-state index in [9.17, 15) is 4.79 Å². The summed E-state index contributed by atoms with van der Waals surface area (Å²) >= 11 is 6.08. The summed E-state index contributed by atoms with van der Waals surface area (Å²) in [6.45, 7) is 8.61. The van der Waals surface area contributed by atoms with Crippen molar-refractivity contribution in [3.8, 4) is 0 Å². The van der Waals surface area contributed by atoms with Crippen molar-refractivity contribution in [2.45, 2.75) is 26.8 Å². The summed E-state index contributed by atoms with van der Waals surface area (Å²) in [5.41, 5.74) is 1.11. The van der Waals surface area contributed by atoms with Crippen LogP contribution >= 0.6 is 24.0 Å². The fraction of sp³-hybridized carbons (Fsp3) is 0.562. The zero-order valence-corrected chi connectivity index (χ0v) is 14.4. The van der Waals surface area contributed by atoms with E-state index >= 15 is 0 Å². The first-order valence-corrected chi connectivity index (χ1v) is 7.65. The summed E-state index contributed by atoms with van der Waals surface area (Å²) < 4.78 is 0. The van der Waals surface area contributed by atoms with Crippen LogP contribution in [0.1, 0.15) is 32.4 Å². The van der Waals surface area contributed by atoms with Crippen LogP contribution in [-0.2, 0) is 4.79 Å². The van der Waals surface area contributed by atoms with Crippen LogP contribution in [0, 0.1) is 11.8 Å². The standard InChI is InChI=1S/C16H23ClN2O.ClH/c1-11(2)12(3)16(20)19-8-7-18-10-15(19)13-5-4-6-14(17)9-13;/h4-6,9,11-12,15,18H,7-8,10H2,1-3H3;1H. The van der Waals surface area contributed by atoms with Crippen LogP contribution < -0.4 is 5.32 Å². The molecule has 0 spiro atoms. The van der Waals surface area contributed by atoms with Gasteiger partial charge in [0, 0.05) is 30.6 Å². The minimum Gasteiger partial charge on any atom is -0.333 e. The second-order valence-corrected chi connectivity index (χ2v) is 6.28. The van der Waals surface area contributed by atoms with Crippen molar-refractivity contribution in [3.05, 3.63) is 34.9 Å². The van der Waals surface area contributed by atoms with Gasteiger partial charge in [0.05, 0.1) is 6.04 Å². The monoisotopic (exact) mass is 330 g/mol. The Morgan fingerprint density at radius 1 is 1.38 bits per heavy atom. The number of amides is 1. The van der Waals surface area contributed by atoms with Crippen molar-refractivity contribution in [1.82, 2.24) is 10.2 Å². The van der Waals surface area contributed by atoms with Gasteiger partial charge in [0.25, 0.3) is 0 Å². The molecule has 1 aliphatic heterocycles. The third kappa shape index (κ3) is 4.35. The van der Waals surface area contributed by atoms with Crippen LogP contribution in [0.3, 0.4) is 0 Å². The van der Waals surface area contributed by atoms with Crippen molar-refractivity contribution >= 4 is 29.9 Å². The third-order valence-electron chi connectivity index (χ3n) is 4.15. The lowest BCUT2D eigenvalue weighted by Gasteiger charge is -2.38. The van der Waals surface area contributed by atoms with Gasteiger partial charge in [-0.3, -0.25) is 4.79 Å². The van der Waals surface area contributed by atoms with Crippen LogP contribution in [0.5, 0.6) is 0 Å². The van der Waals surface area contributed by atoms with E-state index in [-0.39, 0.29) is 30.3 Å². The molecule has 1 aliphatic rings. The summed E-state index contributed by atoms with van der Waals surface area (Å²) in [4.78, 5) is 14.7. The molecule has 118 valence electrons. The molecule has 0 aliphatic carbocycles. The molecule has 1 amide bonds. The highest BCUT2D eigenvalue weighted by Gasteiger charge is 2.31. The van der Waals surface area contributed by atoms with Gasteiger partial charge in [0.1, 0.15) is 0 Å². The quantitative estimate of drug-likeness (QED) is 0.919. The normalized spacial score (nSPS) is 20.0. The number of carbonyl (C=O) groups is 1. The lowest BCUT2D eigenvalue weighted by molar-refractivity contribution is -0.139. The van der Waals surface area contributed by atoms with E-state index < -0.39 is 0 Å². The number of piperazine rings is 1. The molecule has 0 aromatic heterocycles. The first kappa shape index (κ1) is 18.3. The lowest BCUT2D eigenvalue weighted by Crippen LogP contribution is -2.50. The molecule has 1 saturated heterocycles. The molecule has 0 radical (unpaired) electrons. The predicted molar refractivity (Wildman–Crippen MR) is 90.0 cm³/mol. The van der Waals surface area contributed by atoms with E-state index in [4.69, 9.17) is 11.6 Å². The molecule has 1 fully saturated rings. The fourth-order valence-corrected chi connectivity index (χ4v) is 2.73. The van der Waals surface area contributed by atoms with Crippen LogP contribution in [0.2, 0.25) is 5.02 Å². The van der Waals surface area contributed by atoms with Gasteiger partial charge in [-0.15, -0.1) is 12.4 Å². The van der Waals surface area contributed by atoms with Crippen molar-refractivity contribution in [2.24, 2.45) is 11.8 Å². The van der Waals surface area contributed by atoms with Crippen LogP contribution in [0.25, 0.3) is 0 Å². The van der Waals surface area contributed by atoms with Gasteiger partial charge in [0.2, 0.25) is 5.91 Å². The van der Waals surface area contributed by atoms with Crippen molar-refractivity contribution < 1.29 is 4.79 Å². The summed E-state index contributed by atoms with van der Waals surface area (Å²) in [5, 5.41) is 4.09. The molecule has 1 aromatic carbocycles. The molecule has 1 heterocycles. The third-order valence-corrected chi connectivity index (χ3v) is 4.38. The van der Waals surface area contributed by atoms with Gasteiger partial charge in [-0.05, 0) is 23.6 Å². The second kappa shape index (κ2) is 8.02. The number of hydrogen-bond acceptors (Lipinski definition) is 2. The van der Waals surface area contributed by atoms with Crippen LogP contribution in [0.15, 0.2) is 24.3 Å². The smallest absolute Gasteiger partial charge is 0.226 e. The number of nitrogens with zero attached hydrogens (tertiary/aromatic N) is 1. The van der Waals surface area contributed by atoms with Gasteiger partial charge in [-0.25, -0.2) is 0 Å². The van der Waals surface area contributed by atoms with Gasteiger partial charge >= 0.3 is 0 Å².